The van der Waals surface area contributed by atoms with Crippen LogP contribution in [0.4, 0.5) is 0 Å². The Labute approximate surface area is 109 Å². The molecule has 4 nitrogen and oxygen atoms in total. The standard InChI is InChI=1S/C12H16BrNO3/c1-12(2)8-14(7-9(6-13)17-12)11(15)10-4-3-5-16-10/h3-5,9H,6-8H2,1-2H3. The van der Waals surface area contributed by atoms with Gasteiger partial charge >= 0.3 is 0 Å². The number of hydrogen-bond donors (Lipinski definition) is 0. The van der Waals surface area contributed by atoms with Crippen molar-refractivity contribution in [1.82, 2.24) is 4.90 Å². The molecule has 0 bridgehead atoms. The quantitative estimate of drug-likeness (QED) is 0.787. The maximum atomic E-state index is 12.2. The highest BCUT2D eigenvalue weighted by atomic mass is 79.9. The van der Waals surface area contributed by atoms with Gasteiger partial charge in [0, 0.05) is 18.4 Å². The molecular formula is C12H16BrNO3. The van der Waals surface area contributed by atoms with Crippen molar-refractivity contribution in [1.29, 1.82) is 0 Å². The fourth-order valence-corrected chi connectivity index (χ4v) is 2.42. The van der Waals surface area contributed by atoms with Crippen molar-refractivity contribution in [2.75, 3.05) is 18.4 Å². The molecule has 1 aromatic rings. The smallest absolute Gasteiger partial charge is 0.289 e. The molecule has 0 radical (unpaired) electrons. The topological polar surface area (TPSA) is 42.7 Å². The van der Waals surface area contributed by atoms with Gasteiger partial charge in [-0.05, 0) is 26.0 Å². The Hall–Kier alpha value is -0.810. The minimum Gasteiger partial charge on any atom is -0.459 e. The maximum absolute atomic E-state index is 12.2. The van der Waals surface area contributed by atoms with E-state index in [-0.39, 0.29) is 17.6 Å². The van der Waals surface area contributed by atoms with Gasteiger partial charge < -0.3 is 14.1 Å². The number of ether oxygens (including phenoxy) is 1. The summed E-state index contributed by atoms with van der Waals surface area (Å²) in [6, 6.07) is 3.41. The molecule has 1 saturated heterocycles. The van der Waals surface area contributed by atoms with Crippen LogP contribution in [0.2, 0.25) is 0 Å². The number of furan rings is 1. The molecule has 0 aliphatic carbocycles. The van der Waals surface area contributed by atoms with E-state index in [0.717, 1.165) is 5.33 Å². The lowest BCUT2D eigenvalue weighted by molar-refractivity contribution is -0.116. The third kappa shape index (κ3) is 2.90. The number of rotatable bonds is 2. The van der Waals surface area contributed by atoms with Gasteiger partial charge in [-0.15, -0.1) is 0 Å². The highest BCUT2D eigenvalue weighted by Crippen LogP contribution is 2.23. The van der Waals surface area contributed by atoms with Crippen LogP contribution in [-0.2, 0) is 4.74 Å². The van der Waals surface area contributed by atoms with E-state index in [1.54, 1.807) is 17.0 Å². The van der Waals surface area contributed by atoms with Crippen molar-refractivity contribution in [2.24, 2.45) is 0 Å². The number of nitrogens with zero attached hydrogens (tertiary/aromatic N) is 1. The van der Waals surface area contributed by atoms with Crippen molar-refractivity contribution >= 4 is 21.8 Å². The second-order valence-corrected chi connectivity index (χ2v) is 5.46. The van der Waals surface area contributed by atoms with E-state index in [0.29, 0.717) is 18.8 Å². The normalized spacial score (nSPS) is 23.7. The van der Waals surface area contributed by atoms with Crippen LogP contribution in [0.5, 0.6) is 0 Å². The fraction of sp³-hybridized carbons (Fsp3) is 0.583. The Morgan fingerprint density at radius 2 is 2.41 bits per heavy atom. The van der Waals surface area contributed by atoms with Gasteiger partial charge in [-0.3, -0.25) is 4.79 Å². The van der Waals surface area contributed by atoms with Crippen LogP contribution in [0.15, 0.2) is 22.8 Å². The molecule has 1 aliphatic rings. The number of carbonyl (C=O) groups is 1. The molecule has 1 unspecified atom stereocenters. The molecule has 5 heteroatoms. The number of morpholine rings is 1. The number of amides is 1. The largest absolute Gasteiger partial charge is 0.459 e. The van der Waals surface area contributed by atoms with Crippen LogP contribution in [0, 0.1) is 0 Å². The predicted molar refractivity (Wildman–Crippen MR) is 67.4 cm³/mol. The first-order chi connectivity index (χ1) is 8.02. The Balaban J connectivity index is 2.12. The molecule has 0 spiro atoms. The molecule has 0 aromatic carbocycles. The number of carbonyl (C=O) groups excluding carboxylic acids is 1. The van der Waals surface area contributed by atoms with E-state index in [1.165, 1.54) is 6.26 Å². The molecule has 2 rings (SSSR count). The van der Waals surface area contributed by atoms with Crippen molar-refractivity contribution in [3.63, 3.8) is 0 Å². The average Bonchev–Trinajstić information content (AvgIpc) is 2.79. The first kappa shape index (κ1) is 12.6. The average molecular weight is 302 g/mol. The summed E-state index contributed by atoms with van der Waals surface area (Å²) >= 11 is 3.40. The lowest BCUT2D eigenvalue weighted by atomic mass is 10.1. The zero-order chi connectivity index (χ0) is 12.5. The molecule has 1 amide bonds. The number of halogens is 1. The summed E-state index contributed by atoms with van der Waals surface area (Å²) in [6.45, 7) is 5.15. The van der Waals surface area contributed by atoms with Gasteiger partial charge in [-0.2, -0.15) is 0 Å². The molecule has 1 aromatic heterocycles. The summed E-state index contributed by atoms with van der Waals surface area (Å²) in [6.07, 6.45) is 1.54. The zero-order valence-corrected chi connectivity index (χ0v) is 11.6. The molecule has 94 valence electrons. The fourth-order valence-electron chi connectivity index (χ4n) is 2.09. The minimum atomic E-state index is -0.320. The van der Waals surface area contributed by atoms with Gasteiger partial charge in [-0.1, -0.05) is 15.9 Å². The molecule has 0 saturated carbocycles. The number of alkyl halides is 1. The van der Waals surface area contributed by atoms with Crippen molar-refractivity contribution in [3.05, 3.63) is 24.2 Å². The van der Waals surface area contributed by atoms with Gasteiger partial charge in [0.2, 0.25) is 0 Å². The van der Waals surface area contributed by atoms with Crippen molar-refractivity contribution < 1.29 is 13.9 Å². The second kappa shape index (κ2) is 4.82. The molecule has 17 heavy (non-hydrogen) atoms. The molecule has 1 fully saturated rings. The third-order valence-corrected chi connectivity index (χ3v) is 3.39. The summed E-state index contributed by atoms with van der Waals surface area (Å²) in [5, 5.41) is 0.721. The van der Waals surface area contributed by atoms with E-state index >= 15 is 0 Å². The van der Waals surface area contributed by atoms with E-state index < -0.39 is 0 Å². The molecule has 1 aliphatic heterocycles. The minimum absolute atomic E-state index is 0.0256. The lowest BCUT2D eigenvalue weighted by Gasteiger charge is -2.42. The van der Waals surface area contributed by atoms with Gasteiger partial charge in [-0.25, -0.2) is 0 Å². The van der Waals surface area contributed by atoms with Gasteiger partial charge in [0.1, 0.15) is 0 Å². The highest BCUT2D eigenvalue weighted by Gasteiger charge is 2.36. The summed E-state index contributed by atoms with van der Waals surface area (Å²) in [7, 11) is 0. The maximum Gasteiger partial charge on any atom is 0.289 e. The zero-order valence-electron chi connectivity index (χ0n) is 9.98. The first-order valence-electron chi connectivity index (χ1n) is 5.58. The van der Waals surface area contributed by atoms with E-state index in [2.05, 4.69) is 15.9 Å². The van der Waals surface area contributed by atoms with Gasteiger partial charge in [0.15, 0.2) is 5.76 Å². The molecular weight excluding hydrogens is 286 g/mol. The summed E-state index contributed by atoms with van der Waals surface area (Å²) < 4.78 is 11.0. The number of hydrogen-bond acceptors (Lipinski definition) is 3. The van der Waals surface area contributed by atoms with Crippen LogP contribution in [0.25, 0.3) is 0 Å². The van der Waals surface area contributed by atoms with Crippen LogP contribution in [-0.4, -0.2) is 40.9 Å². The Kier molecular flexibility index (Phi) is 3.58. The van der Waals surface area contributed by atoms with Crippen LogP contribution >= 0.6 is 15.9 Å². The highest BCUT2D eigenvalue weighted by molar-refractivity contribution is 9.09. The van der Waals surface area contributed by atoms with E-state index in [4.69, 9.17) is 9.15 Å². The Bertz CT molecular complexity index is 388. The third-order valence-electron chi connectivity index (χ3n) is 2.67. The summed E-state index contributed by atoms with van der Waals surface area (Å²) in [5.74, 6) is 0.313. The van der Waals surface area contributed by atoms with Crippen molar-refractivity contribution in [3.8, 4) is 0 Å². The SMILES string of the molecule is CC1(C)CN(C(=O)c2ccco2)CC(CBr)O1. The summed E-state index contributed by atoms with van der Waals surface area (Å²) in [5.41, 5.74) is -0.320. The monoisotopic (exact) mass is 301 g/mol. The molecule has 0 N–H and O–H groups in total. The van der Waals surface area contributed by atoms with Gasteiger partial charge in [0.05, 0.1) is 18.0 Å². The Morgan fingerprint density at radius 3 is 3.00 bits per heavy atom. The van der Waals surface area contributed by atoms with Gasteiger partial charge in [0.25, 0.3) is 5.91 Å². The van der Waals surface area contributed by atoms with Crippen molar-refractivity contribution in [2.45, 2.75) is 25.6 Å². The van der Waals surface area contributed by atoms with Crippen LogP contribution in [0.3, 0.4) is 0 Å². The van der Waals surface area contributed by atoms with E-state index in [9.17, 15) is 4.79 Å². The predicted octanol–water partition coefficient (Wildman–Crippen LogP) is 2.29. The van der Waals surface area contributed by atoms with Crippen LogP contribution < -0.4 is 0 Å². The molecule has 1 atom stereocenters. The lowest BCUT2D eigenvalue weighted by Crippen LogP contribution is -2.55. The second-order valence-electron chi connectivity index (χ2n) is 4.82. The van der Waals surface area contributed by atoms with Crippen LogP contribution in [0.1, 0.15) is 24.4 Å². The van der Waals surface area contributed by atoms with E-state index in [1.807, 2.05) is 13.8 Å². The summed E-state index contributed by atoms with van der Waals surface area (Å²) in [4.78, 5) is 14.0. The molecule has 2 heterocycles. The first-order valence-corrected chi connectivity index (χ1v) is 6.70. The Morgan fingerprint density at radius 1 is 1.65 bits per heavy atom.